The highest BCUT2D eigenvalue weighted by Crippen LogP contribution is 2.43. The van der Waals surface area contributed by atoms with E-state index < -0.39 is 15.9 Å². The van der Waals surface area contributed by atoms with Gasteiger partial charge in [0.2, 0.25) is 5.91 Å². The number of benzene rings is 1. The van der Waals surface area contributed by atoms with Crippen molar-refractivity contribution in [3.05, 3.63) is 47.4 Å². The molecule has 35 heavy (non-hydrogen) atoms. The maximum absolute atomic E-state index is 13.8. The Morgan fingerprint density at radius 2 is 1.86 bits per heavy atom. The first-order valence-electron chi connectivity index (χ1n) is 12.3. The number of hydrogen-bond donors (Lipinski definition) is 2. The van der Waals surface area contributed by atoms with Gasteiger partial charge in [0.1, 0.15) is 12.1 Å². The fourth-order valence-electron chi connectivity index (χ4n) is 5.75. The Hall–Kier alpha value is -2.56. The molecule has 1 aliphatic carbocycles. The van der Waals surface area contributed by atoms with Gasteiger partial charge in [-0.3, -0.25) is 4.79 Å². The third-order valence-electron chi connectivity index (χ3n) is 7.60. The quantitative estimate of drug-likeness (QED) is 0.638. The minimum absolute atomic E-state index is 0.0390. The van der Waals surface area contributed by atoms with E-state index in [1.807, 2.05) is 4.90 Å². The van der Waals surface area contributed by atoms with Crippen molar-refractivity contribution < 1.29 is 18.3 Å². The van der Waals surface area contributed by atoms with Crippen LogP contribution in [0.5, 0.6) is 0 Å². The highest BCUT2D eigenvalue weighted by atomic mass is 32.2. The van der Waals surface area contributed by atoms with Gasteiger partial charge < -0.3 is 20.2 Å². The smallest absolute Gasteiger partial charge is 0.231 e. The topological polar surface area (TPSA) is 116 Å². The molecule has 1 aromatic heterocycles. The molecule has 9 nitrogen and oxygen atoms in total. The molecule has 1 amide bonds. The fraction of sp³-hybridized carbons (Fsp3) is 0.560. The lowest BCUT2D eigenvalue weighted by Crippen LogP contribution is -2.52. The summed E-state index contributed by atoms with van der Waals surface area (Å²) in [6.07, 6.45) is 4.77. The number of anilines is 1. The van der Waals surface area contributed by atoms with Gasteiger partial charge in [-0.2, -0.15) is 0 Å². The van der Waals surface area contributed by atoms with E-state index in [0.717, 1.165) is 42.0 Å². The average Bonchev–Trinajstić information content (AvgIpc) is 3.47. The molecule has 2 N–H and O–H groups in total. The van der Waals surface area contributed by atoms with Crippen LogP contribution in [0.15, 0.2) is 35.5 Å². The monoisotopic (exact) mass is 499 g/mol. The molecular weight excluding hydrogens is 466 g/mol. The van der Waals surface area contributed by atoms with Crippen molar-refractivity contribution in [1.82, 2.24) is 20.2 Å². The van der Waals surface area contributed by atoms with E-state index in [1.165, 1.54) is 12.6 Å². The lowest BCUT2D eigenvalue weighted by molar-refractivity contribution is -0.133. The van der Waals surface area contributed by atoms with Gasteiger partial charge in [-0.1, -0.05) is 19.1 Å². The van der Waals surface area contributed by atoms with Crippen LogP contribution in [0, 0.1) is 0 Å². The van der Waals surface area contributed by atoms with Crippen LogP contribution in [0.3, 0.4) is 0 Å². The highest BCUT2D eigenvalue weighted by molar-refractivity contribution is 7.90. The molecule has 2 saturated heterocycles. The number of amides is 1. The van der Waals surface area contributed by atoms with Crippen LogP contribution in [0.1, 0.15) is 60.9 Å². The standard InChI is InChI=1S/C25H33N5O4S/c1-16-14-20(31)23-21(16)24(28-15-27-23)29-10-12-30(13-11-29)25(32)22(19-4-3-9-26-19)17-5-7-18(8-6-17)35(2,33)34/h5-8,15-16,19-20,22,26,31H,3-4,9-14H2,1-2H3/t16-,19+,20-,22+/m1/s1. The predicted octanol–water partition coefficient (Wildman–Crippen LogP) is 1.61. The molecule has 3 aliphatic rings. The molecule has 0 bridgehead atoms. The number of aliphatic hydroxyl groups is 1. The number of piperazine rings is 1. The second-order valence-corrected chi connectivity index (χ2v) is 12.0. The van der Waals surface area contributed by atoms with Gasteiger partial charge in [0.05, 0.1) is 22.6 Å². The first kappa shape index (κ1) is 24.1. The maximum Gasteiger partial charge on any atom is 0.231 e. The molecule has 0 saturated carbocycles. The van der Waals surface area contributed by atoms with E-state index in [4.69, 9.17) is 0 Å². The summed E-state index contributed by atoms with van der Waals surface area (Å²) in [5.41, 5.74) is 2.60. The van der Waals surface area contributed by atoms with Crippen molar-refractivity contribution in [2.45, 2.75) is 55.1 Å². The summed E-state index contributed by atoms with van der Waals surface area (Å²) < 4.78 is 23.8. The summed E-state index contributed by atoms with van der Waals surface area (Å²) in [7, 11) is -3.29. The van der Waals surface area contributed by atoms with Crippen molar-refractivity contribution in [2.24, 2.45) is 0 Å². The van der Waals surface area contributed by atoms with Crippen LogP contribution < -0.4 is 10.2 Å². The van der Waals surface area contributed by atoms with Gasteiger partial charge in [-0.25, -0.2) is 18.4 Å². The first-order valence-corrected chi connectivity index (χ1v) is 14.2. The number of hydrogen-bond acceptors (Lipinski definition) is 8. The molecule has 1 aromatic carbocycles. The number of carbonyl (C=O) groups excluding carboxylic acids is 1. The molecule has 188 valence electrons. The van der Waals surface area contributed by atoms with Gasteiger partial charge in [0.25, 0.3) is 0 Å². The Kier molecular flexibility index (Phi) is 6.54. The zero-order valence-corrected chi connectivity index (χ0v) is 21.0. The minimum atomic E-state index is -3.29. The van der Waals surface area contributed by atoms with E-state index in [-0.39, 0.29) is 28.7 Å². The van der Waals surface area contributed by atoms with Gasteiger partial charge in [0.15, 0.2) is 9.84 Å². The third-order valence-corrected chi connectivity index (χ3v) is 8.73. The molecule has 2 aromatic rings. The number of nitrogens with one attached hydrogen (secondary N) is 1. The summed E-state index contributed by atoms with van der Waals surface area (Å²) in [6, 6.07) is 6.81. The highest BCUT2D eigenvalue weighted by Gasteiger charge is 2.37. The van der Waals surface area contributed by atoms with Crippen LogP contribution in [0.4, 0.5) is 5.82 Å². The SMILES string of the molecule is C[C@@H]1C[C@@H](O)c2ncnc(N3CCN(C(=O)[C@@H](c4ccc(S(C)(=O)=O)cc4)[C@@H]4CCCN4)CC3)c21. The number of aliphatic hydroxyl groups excluding tert-OH is 1. The molecule has 5 rings (SSSR count). The molecular formula is C25H33N5O4S. The lowest BCUT2D eigenvalue weighted by atomic mass is 9.89. The molecule has 0 spiro atoms. The maximum atomic E-state index is 13.8. The molecule has 2 fully saturated rings. The van der Waals surface area contributed by atoms with Crippen molar-refractivity contribution in [1.29, 1.82) is 0 Å². The minimum Gasteiger partial charge on any atom is -0.387 e. The van der Waals surface area contributed by atoms with Gasteiger partial charge in [0, 0.05) is 44.0 Å². The van der Waals surface area contributed by atoms with Gasteiger partial charge >= 0.3 is 0 Å². The third kappa shape index (κ3) is 4.66. The zero-order valence-electron chi connectivity index (χ0n) is 20.2. The number of aromatic nitrogens is 2. The Labute approximate surface area is 206 Å². The van der Waals surface area contributed by atoms with Crippen molar-refractivity contribution in [2.75, 3.05) is 43.9 Å². The van der Waals surface area contributed by atoms with Gasteiger partial charge in [-0.15, -0.1) is 0 Å². The van der Waals surface area contributed by atoms with Crippen LogP contribution in [-0.4, -0.2) is 79.3 Å². The number of carbonyl (C=O) groups is 1. The van der Waals surface area contributed by atoms with Crippen molar-refractivity contribution >= 4 is 21.6 Å². The lowest BCUT2D eigenvalue weighted by Gasteiger charge is -2.38. The number of rotatable bonds is 5. The van der Waals surface area contributed by atoms with Crippen LogP contribution in [-0.2, 0) is 14.6 Å². The first-order chi connectivity index (χ1) is 16.7. The van der Waals surface area contributed by atoms with Crippen LogP contribution in [0.2, 0.25) is 0 Å². The molecule has 3 heterocycles. The zero-order chi connectivity index (χ0) is 24.7. The van der Waals surface area contributed by atoms with E-state index in [9.17, 15) is 18.3 Å². The molecule has 0 radical (unpaired) electrons. The predicted molar refractivity (Wildman–Crippen MR) is 132 cm³/mol. The van der Waals surface area contributed by atoms with Crippen LogP contribution >= 0.6 is 0 Å². The fourth-order valence-corrected chi connectivity index (χ4v) is 6.39. The number of nitrogens with zero attached hydrogens (tertiary/aromatic N) is 4. The molecule has 4 atom stereocenters. The second kappa shape index (κ2) is 9.48. The van der Waals surface area contributed by atoms with E-state index in [2.05, 4.69) is 27.1 Å². The largest absolute Gasteiger partial charge is 0.387 e. The summed E-state index contributed by atoms with van der Waals surface area (Å²) in [6.45, 7) is 5.46. The van der Waals surface area contributed by atoms with Crippen LogP contribution in [0.25, 0.3) is 0 Å². The number of fused-ring (bicyclic) bond motifs is 1. The molecule has 2 aliphatic heterocycles. The summed E-state index contributed by atoms with van der Waals surface area (Å²) >= 11 is 0. The van der Waals surface area contributed by atoms with E-state index >= 15 is 0 Å². The Bertz CT molecular complexity index is 1190. The Morgan fingerprint density at radius 3 is 2.49 bits per heavy atom. The van der Waals surface area contributed by atoms with E-state index in [0.29, 0.717) is 32.6 Å². The molecule has 0 unspecified atom stereocenters. The second-order valence-electron chi connectivity index (χ2n) is 9.98. The summed E-state index contributed by atoms with van der Waals surface area (Å²) in [5, 5.41) is 13.8. The normalized spacial score (nSPS) is 25.5. The van der Waals surface area contributed by atoms with E-state index in [1.54, 1.807) is 24.3 Å². The Balaban J connectivity index is 1.33. The van der Waals surface area contributed by atoms with Crippen molar-refractivity contribution in [3.63, 3.8) is 0 Å². The van der Waals surface area contributed by atoms with Gasteiger partial charge in [-0.05, 0) is 49.4 Å². The average molecular weight is 500 g/mol. The Morgan fingerprint density at radius 1 is 1.14 bits per heavy atom. The molecule has 10 heteroatoms. The van der Waals surface area contributed by atoms with Crippen molar-refractivity contribution in [3.8, 4) is 0 Å². The summed E-state index contributed by atoms with van der Waals surface area (Å²) in [5.74, 6) is 0.795. The summed E-state index contributed by atoms with van der Waals surface area (Å²) in [4.78, 5) is 27.0. The number of sulfone groups is 1.